The number of halogens is 2. The number of aryl methyl sites for hydroxylation is 1. The minimum absolute atomic E-state index is 0.0207. The number of hydrogen-bond acceptors (Lipinski definition) is 3. The highest BCUT2D eigenvalue weighted by molar-refractivity contribution is 14.1. The molecule has 4 nitrogen and oxygen atoms in total. The molecule has 0 amide bonds. The lowest BCUT2D eigenvalue weighted by Crippen LogP contribution is -2.29. The van der Waals surface area contributed by atoms with Gasteiger partial charge in [-0.15, -0.1) is 0 Å². The van der Waals surface area contributed by atoms with Crippen molar-refractivity contribution in [2.45, 2.75) is 13.5 Å². The summed E-state index contributed by atoms with van der Waals surface area (Å²) in [6, 6.07) is 5.71. The van der Waals surface area contributed by atoms with Crippen LogP contribution in [0.4, 0.5) is 4.39 Å². The summed E-state index contributed by atoms with van der Waals surface area (Å²) in [6.07, 6.45) is 1.45. The average Bonchev–Trinajstić information content (AvgIpc) is 2.39. The maximum atomic E-state index is 13.5. The summed E-state index contributed by atoms with van der Waals surface area (Å²) in [5.41, 5.74) is -0.314. The first-order valence-electron chi connectivity index (χ1n) is 5.50. The number of carbonyl (C=O) groups excluding carboxylic acids is 1. The number of nitrogens with zero attached hydrogens (tertiary/aromatic N) is 2. The van der Waals surface area contributed by atoms with Crippen molar-refractivity contribution in [2.24, 2.45) is 0 Å². The topological polar surface area (TPSA) is 52.0 Å². The first-order chi connectivity index (χ1) is 9.00. The largest absolute Gasteiger partial charge is 0.292 e. The van der Waals surface area contributed by atoms with E-state index in [-0.39, 0.29) is 17.7 Å². The molecule has 19 heavy (non-hydrogen) atoms. The molecule has 0 aliphatic heterocycles. The van der Waals surface area contributed by atoms with Crippen molar-refractivity contribution in [1.82, 2.24) is 9.55 Å². The van der Waals surface area contributed by atoms with Gasteiger partial charge in [0.1, 0.15) is 11.6 Å². The molecule has 0 bridgehead atoms. The lowest BCUT2D eigenvalue weighted by Gasteiger charge is -2.09. The molecular weight excluding hydrogens is 362 g/mol. The third-order valence-corrected chi connectivity index (χ3v) is 3.42. The van der Waals surface area contributed by atoms with Crippen LogP contribution in [0.15, 0.2) is 35.3 Å². The number of ketones is 1. The highest BCUT2D eigenvalue weighted by atomic mass is 127. The van der Waals surface area contributed by atoms with Crippen molar-refractivity contribution in [3.8, 4) is 0 Å². The molecule has 0 fully saturated rings. The average molecular weight is 372 g/mol. The summed E-state index contributed by atoms with van der Waals surface area (Å²) >= 11 is 1.85. The second kappa shape index (κ2) is 5.60. The minimum Gasteiger partial charge on any atom is -0.292 e. The fourth-order valence-corrected chi connectivity index (χ4v) is 2.08. The van der Waals surface area contributed by atoms with E-state index in [0.29, 0.717) is 9.39 Å². The Hall–Kier alpha value is -1.57. The summed E-state index contributed by atoms with van der Waals surface area (Å²) in [5.74, 6) is -0.612. The van der Waals surface area contributed by atoms with Crippen LogP contribution < -0.4 is 5.56 Å². The summed E-state index contributed by atoms with van der Waals surface area (Å²) in [6.45, 7) is 1.42. The highest BCUT2D eigenvalue weighted by Crippen LogP contribution is 2.08. The third-order valence-electron chi connectivity index (χ3n) is 2.68. The SMILES string of the molecule is Cc1ncc(I)c(=O)n1CC(=O)c1ccccc1F. The molecule has 2 rings (SSSR count). The zero-order chi connectivity index (χ0) is 14.0. The Morgan fingerprint density at radius 3 is 2.79 bits per heavy atom. The molecule has 0 N–H and O–H groups in total. The molecule has 2 aromatic rings. The van der Waals surface area contributed by atoms with E-state index in [9.17, 15) is 14.0 Å². The smallest absolute Gasteiger partial charge is 0.267 e. The van der Waals surface area contributed by atoms with E-state index in [0.717, 1.165) is 0 Å². The normalized spacial score (nSPS) is 10.5. The molecule has 0 atom stereocenters. The molecule has 0 aliphatic carbocycles. The summed E-state index contributed by atoms with van der Waals surface area (Å²) < 4.78 is 15.2. The predicted octanol–water partition coefficient (Wildman–Crippen LogP) is 2.18. The molecular formula is C13H10FIN2O2. The van der Waals surface area contributed by atoms with Crippen molar-refractivity contribution < 1.29 is 9.18 Å². The fraction of sp³-hybridized carbons (Fsp3) is 0.154. The Morgan fingerprint density at radius 2 is 2.11 bits per heavy atom. The Labute approximate surface area is 122 Å². The van der Waals surface area contributed by atoms with Crippen LogP contribution in [0.5, 0.6) is 0 Å². The van der Waals surface area contributed by atoms with Gasteiger partial charge in [-0.2, -0.15) is 0 Å². The predicted molar refractivity (Wildman–Crippen MR) is 76.7 cm³/mol. The Morgan fingerprint density at radius 1 is 1.42 bits per heavy atom. The van der Waals surface area contributed by atoms with E-state index in [4.69, 9.17) is 0 Å². The number of rotatable bonds is 3. The first-order valence-corrected chi connectivity index (χ1v) is 6.58. The quantitative estimate of drug-likeness (QED) is 0.613. The first kappa shape index (κ1) is 13.9. The van der Waals surface area contributed by atoms with E-state index in [1.807, 2.05) is 22.6 Å². The number of hydrogen-bond donors (Lipinski definition) is 0. The van der Waals surface area contributed by atoms with Gasteiger partial charge in [-0.1, -0.05) is 12.1 Å². The monoisotopic (exact) mass is 372 g/mol. The second-order valence-electron chi connectivity index (χ2n) is 3.95. The number of Topliss-reactive ketones (excluding diaryl/α,β-unsaturated/α-hetero) is 1. The van der Waals surface area contributed by atoms with E-state index in [1.54, 1.807) is 13.0 Å². The maximum Gasteiger partial charge on any atom is 0.267 e. The van der Waals surface area contributed by atoms with Crippen molar-refractivity contribution in [3.05, 3.63) is 61.6 Å². The van der Waals surface area contributed by atoms with Gasteiger partial charge in [0, 0.05) is 6.20 Å². The van der Waals surface area contributed by atoms with E-state index < -0.39 is 11.6 Å². The van der Waals surface area contributed by atoms with Crippen LogP contribution in [0.25, 0.3) is 0 Å². The standard InChI is InChI=1S/C13H10FIN2O2/c1-8-16-6-11(15)13(19)17(8)7-12(18)9-4-2-3-5-10(9)14/h2-6H,7H2,1H3. The lowest BCUT2D eigenvalue weighted by atomic mass is 10.1. The number of benzene rings is 1. The Balaban J connectivity index is 2.38. The van der Waals surface area contributed by atoms with E-state index in [1.165, 1.54) is 29.0 Å². The van der Waals surface area contributed by atoms with Gasteiger partial charge in [-0.05, 0) is 41.6 Å². The van der Waals surface area contributed by atoms with Crippen LogP contribution in [-0.2, 0) is 6.54 Å². The number of carbonyl (C=O) groups is 1. The molecule has 98 valence electrons. The van der Waals surface area contributed by atoms with Gasteiger partial charge in [0.15, 0.2) is 5.78 Å². The molecule has 1 aromatic heterocycles. The zero-order valence-electron chi connectivity index (χ0n) is 10.1. The van der Waals surface area contributed by atoms with Crippen LogP contribution in [-0.4, -0.2) is 15.3 Å². The zero-order valence-corrected chi connectivity index (χ0v) is 12.2. The van der Waals surface area contributed by atoms with Gasteiger partial charge < -0.3 is 0 Å². The molecule has 0 unspecified atom stereocenters. The summed E-state index contributed by atoms with van der Waals surface area (Å²) in [4.78, 5) is 27.9. The lowest BCUT2D eigenvalue weighted by molar-refractivity contribution is 0.0965. The van der Waals surface area contributed by atoms with Gasteiger partial charge in [-0.25, -0.2) is 9.37 Å². The van der Waals surface area contributed by atoms with Crippen molar-refractivity contribution in [1.29, 1.82) is 0 Å². The molecule has 0 radical (unpaired) electrons. The van der Waals surface area contributed by atoms with Crippen LogP contribution in [0.3, 0.4) is 0 Å². The summed E-state index contributed by atoms with van der Waals surface area (Å²) in [5, 5.41) is 0. The molecule has 0 saturated carbocycles. The highest BCUT2D eigenvalue weighted by Gasteiger charge is 2.14. The molecule has 6 heteroatoms. The van der Waals surface area contributed by atoms with Gasteiger partial charge in [0.05, 0.1) is 15.7 Å². The van der Waals surface area contributed by atoms with Crippen LogP contribution in [0.1, 0.15) is 16.2 Å². The molecule has 0 saturated heterocycles. The molecule has 0 aliphatic rings. The van der Waals surface area contributed by atoms with Gasteiger partial charge in [-0.3, -0.25) is 14.2 Å². The maximum absolute atomic E-state index is 13.5. The van der Waals surface area contributed by atoms with E-state index in [2.05, 4.69) is 4.98 Å². The minimum atomic E-state index is -0.586. The van der Waals surface area contributed by atoms with Crippen molar-refractivity contribution in [3.63, 3.8) is 0 Å². The van der Waals surface area contributed by atoms with Gasteiger partial charge in [0.2, 0.25) is 0 Å². The number of aromatic nitrogens is 2. The second-order valence-corrected chi connectivity index (χ2v) is 5.11. The van der Waals surface area contributed by atoms with Crippen LogP contribution in [0.2, 0.25) is 0 Å². The van der Waals surface area contributed by atoms with E-state index >= 15 is 0 Å². The third kappa shape index (κ3) is 2.89. The molecule has 1 heterocycles. The Bertz CT molecular complexity index is 697. The molecule has 0 spiro atoms. The fourth-order valence-electron chi connectivity index (χ4n) is 1.65. The van der Waals surface area contributed by atoms with Crippen LogP contribution in [0, 0.1) is 16.3 Å². The van der Waals surface area contributed by atoms with Crippen molar-refractivity contribution in [2.75, 3.05) is 0 Å². The molecule has 1 aromatic carbocycles. The van der Waals surface area contributed by atoms with Gasteiger partial charge >= 0.3 is 0 Å². The van der Waals surface area contributed by atoms with Crippen molar-refractivity contribution >= 4 is 28.4 Å². The Kier molecular flexibility index (Phi) is 4.08. The summed E-state index contributed by atoms with van der Waals surface area (Å²) in [7, 11) is 0. The van der Waals surface area contributed by atoms with Crippen LogP contribution >= 0.6 is 22.6 Å². The van der Waals surface area contributed by atoms with Gasteiger partial charge in [0.25, 0.3) is 5.56 Å².